The van der Waals surface area contributed by atoms with Crippen molar-refractivity contribution in [3.63, 3.8) is 0 Å². The summed E-state index contributed by atoms with van der Waals surface area (Å²) in [6, 6.07) is 8.41. The van der Waals surface area contributed by atoms with E-state index in [2.05, 4.69) is 0 Å². The molecule has 1 aliphatic heterocycles. The minimum Gasteiger partial charge on any atom is -0.493 e. The van der Waals surface area contributed by atoms with E-state index in [0.29, 0.717) is 61.1 Å². The molecular weight excluding hydrogens is 460 g/mol. The molecule has 1 heterocycles. The fraction of sp³-hybridized carbons (Fsp3) is 0.458. The van der Waals surface area contributed by atoms with E-state index in [1.807, 2.05) is 6.92 Å². The largest absolute Gasteiger partial charge is 0.493 e. The molecule has 0 bridgehead atoms. The number of methoxy groups -OCH3 is 3. The normalized spacial score (nSPS) is 14.5. The molecule has 34 heavy (non-hydrogen) atoms. The van der Waals surface area contributed by atoms with Crippen molar-refractivity contribution in [1.82, 2.24) is 9.21 Å². The Morgan fingerprint density at radius 1 is 1.00 bits per heavy atom. The fourth-order valence-corrected chi connectivity index (χ4v) is 5.71. The van der Waals surface area contributed by atoms with Crippen LogP contribution in [0.2, 0.25) is 0 Å². The third kappa shape index (κ3) is 5.13. The van der Waals surface area contributed by atoms with Crippen molar-refractivity contribution in [2.45, 2.75) is 24.8 Å². The van der Waals surface area contributed by atoms with Gasteiger partial charge in [0.05, 0.1) is 39.4 Å². The molecule has 0 saturated carbocycles. The van der Waals surface area contributed by atoms with Gasteiger partial charge in [-0.15, -0.1) is 0 Å². The maximum atomic E-state index is 13.3. The Morgan fingerprint density at radius 2 is 1.65 bits per heavy atom. The predicted molar refractivity (Wildman–Crippen MR) is 127 cm³/mol. The summed E-state index contributed by atoms with van der Waals surface area (Å²) >= 11 is 0. The third-order valence-electron chi connectivity index (χ3n) is 5.82. The predicted octanol–water partition coefficient (Wildman–Crippen LogP) is 2.57. The van der Waals surface area contributed by atoms with Crippen molar-refractivity contribution < 1.29 is 32.2 Å². The van der Waals surface area contributed by atoms with E-state index < -0.39 is 10.0 Å². The molecule has 10 heteroatoms. The van der Waals surface area contributed by atoms with Crippen LogP contribution >= 0.6 is 0 Å². The first-order chi connectivity index (χ1) is 16.3. The minimum atomic E-state index is -3.74. The summed E-state index contributed by atoms with van der Waals surface area (Å²) in [4.78, 5) is 15.0. The Morgan fingerprint density at radius 3 is 2.24 bits per heavy atom. The zero-order valence-electron chi connectivity index (χ0n) is 20.3. The highest BCUT2D eigenvalue weighted by Gasteiger charge is 2.29. The smallest absolute Gasteiger partial charge is 0.253 e. The number of carbonyl (C=O) groups excluding carboxylic acids is 1. The number of hydrogen-bond acceptors (Lipinski definition) is 7. The van der Waals surface area contributed by atoms with Gasteiger partial charge in [-0.1, -0.05) is 13.0 Å². The van der Waals surface area contributed by atoms with E-state index in [4.69, 9.17) is 18.9 Å². The van der Waals surface area contributed by atoms with Crippen LogP contribution in [0.3, 0.4) is 0 Å². The van der Waals surface area contributed by atoms with Gasteiger partial charge in [0.25, 0.3) is 5.91 Å². The number of carbonyl (C=O) groups is 1. The maximum Gasteiger partial charge on any atom is 0.253 e. The van der Waals surface area contributed by atoms with Gasteiger partial charge in [0.1, 0.15) is 0 Å². The molecule has 3 rings (SSSR count). The summed E-state index contributed by atoms with van der Waals surface area (Å²) < 4.78 is 49.6. The quantitative estimate of drug-likeness (QED) is 0.531. The zero-order valence-corrected chi connectivity index (χ0v) is 21.1. The second-order valence-electron chi connectivity index (χ2n) is 7.85. The Balaban J connectivity index is 1.91. The lowest BCUT2D eigenvalue weighted by molar-refractivity contribution is 0.0729. The summed E-state index contributed by atoms with van der Waals surface area (Å²) in [7, 11) is 2.49. The molecule has 1 amide bonds. The van der Waals surface area contributed by atoms with Gasteiger partial charge in [-0.05, 0) is 36.2 Å². The first kappa shape index (κ1) is 25.8. The van der Waals surface area contributed by atoms with E-state index >= 15 is 0 Å². The lowest BCUT2D eigenvalue weighted by atomic mass is 10.1. The third-order valence-corrected chi connectivity index (χ3v) is 7.80. The van der Waals surface area contributed by atoms with Crippen LogP contribution in [0, 0.1) is 0 Å². The monoisotopic (exact) mass is 492 g/mol. The highest BCUT2D eigenvalue weighted by atomic mass is 32.2. The van der Waals surface area contributed by atoms with Crippen molar-refractivity contribution in [3.05, 3.63) is 47.0 Å². The number of aryl methyl sites for hydroxylation is 1. The Kier molecular flexibility index (Phi) is 8.40. The fourth-order valence-electron chi connectivity index (χ4n) is 3.98. The second kappa shape index (κ2) is 11.1. The van der Waals surface area contributed by atoms with E-state index in [1.165, 1.54) is 36.6 Å². The molecule has 186 valence electrons. The summed E-state index contributed by atoms with van der Waals surface area (Å²) in [5, 5.41) is 0. The molecule has 0 radical (unpaired) electrons. The molecule has 9 nitrogen and oxygen atoms in total. The number of hydrogen-bond donors (Lipinski definition) is 0. The maximum absolute atomic E-state index is 13.3. The standard InChI is InChI=1S/C24H32N2O7S/c1-6-17-7-8-18(15-21(17)34(28,29)26-11-13-33-14-12-26)24(27)25(2)16-19-9-10-20(30-3)23(32-5)22(19)31-4/h7-10,15H,6,11-14,16H2,1-5H3. The van der Waals surface area contributed by atoms with E-state index in [1.54, 1.807) is 31.3 Å². The average molecular weight is 493 g/mol. The molecule has 2 aromatic carbocycles. The first-order valence-corrected chi connectivity index (χ1v) is 12.5. The lowest BCUT2D eigenvalue weighted by Crippen LogP contribution is -2.41. The lowest BCUT2D eigenvalue weighted by Gasteiger charge is -2.27. The van der Waals surface area contributed by atoms with Crippen LogP contribution in [0.1, 0.15) is 28.4 Å². The van der Waals surface area contributed by atoms with Crippen molar-refractivity contribution in [2.24, 2.45) is 0 Å². The Bertz CT molecular complexity index is 1130. The molecule has 1 fully saturated rings. The highest BCUT2D eigenvalue weighted by Crippen LogP contribution is 2.40. The molecule has 1 aliphatic rings. The summed E-state index contributed by atoms with van der Waals surface area (Å²) in [6.45, 7) is 3.42. The Hall–Kier alpha value is -2.82. The number of sulfonamides is 1. The zero-order chi connectivity index (χ0) is 24.9. The van der Waals surface area contributed by atoms with Crippen LogP contribution in [0.25, 0.3) is 0 Å². The van der Waals surface area contributed by atoms with Crippen LogP contribution in [-0.4, -0.2) is 78.2 Å². The number of nitrogens with zero attached hydrogens (tertiary/aromatic N) is 2. The van der Waals surface area contributed by atoms with E-state index in [-0.39, 0.29) is 17.3 Å². The number of amides is 1. The molecule has 0 aromatic heterocycles. The van der Waals surface area contributed by atoms with Crippen LogP contribution in [0.5, 0.6) is 17.2 Å². The van der Waals surface area contributed by atoms with Gasteiger partial charge < -0.3 is 23.8 Å². The molecule has 0 N–H and O–H groups in total. The van der Waals surface area contributed by atoms with Gasteiger partial charge >= 0.3 is 0 Å². The van der Waals surface area contributed by atoms with Gasteiger partial charge in [-0.2, -0.15) is 4.31 Å². The number of ether oxygens (including phenoxy) is 4. The van der Waals surface area contributed by atoms with Crippen molar-refractivity contribution >= 4 is 15.9 Å². The van der Waals surface area contributed by atoms with Crippen LogP contribution < -0.4 is 14.2 Å². The molecule has 0 atom stereocenters. The summed E-state index contributed by atoms with van der Waals surface area (Å²) in [6.07, 6.45) is 0.534. The number of benzene rings is 2. The van der Waals surface area contributed by atoms with Crippen molar-refractivity contribution in [2.75, 3.05) is 54.7 Å². The summed E-state index contributed by atoms with van der Waals surface area (Å²) in [5.41, 5.74) is 1.69. The van der Waals surface area contributed by atoms with Gasteiger partial charge in [0.2, 0.25) is 15.8 Å². The van der Waals surface area contributed by atoms with Crippen molar-refractivity contribution in [3.8, 4) is 17.2 Å². The number of morpholine rings is 1. The average Bonchev–Trinajstić information content (AvgIpc) is 2.87. The van der Waals surface area contributed by atoms with Gasteiger partial charge in [-0.25, -0.2) is 8.42 Å². The van der Waals surface area contributed by atoms with Crippen LogP contribution in [0.15, 0.2) is 35.2 Å². The molecule has 0 spiro atoms. The molecule has 0 unspecified atom stereocenters. The topological polar surface area (TPSA) is 94.6 Å². The molecule has 2 aromatic rings. The van der Waals surface area contributed by atoms with Gasteiger partial charge in [0, 0.05) is 37.8 Å². The highest BCUT2D eigenvalue weighted by molar-refractivity contribution is 7.89. The van der Waals surface area contributed by atoms with Crippen LogP contribution in [-0.2, 0) is 27.7 Å². The minimum absolute atomic E-state index is 0.167. The van der Waals surface area contributed by atoms with Crippen molar-refractivity contribution in [1.29, 1.82) is 0 Å². The van der Waals surface area contributed by atoms with E-state index in [9.17, 15) is 13.2 Å². The number of rotatable bonds is 9. The molecule has 0 aliphatic carbocycles. The SMILES string of the molecule is CCc1ccc(C(=O)N(C)Cc2ccc(OC)c(OC)c2OC)cc1S(=O)(=O)N1CCOCC1. The van der Waals surface area contributed by atoms with Crippen LogP contribution in [0.4, 0.5) is 0 Å². The second-order valence-corrected chi connectivity index (χ2v) is 9.75. The first-order valence-electron chi connectivity index (χ1n) is 11.0. The van der Waals surface area contributed by atoms with E-state index in [0.717, 1.165) is 5.56 Å². The summed E-state index contributed by atoms with van der Waals surface area (Å²) in [5.74, 6) is 1.12. The van der Waals surface area contributed by atoms with Gasteiger partial charge in [-0.3, -0.25) is 4.79 Å². The molecule has 1 saturated heterocycles. The Labute approximate surface area is 201 Å². The van der Waals surface area contributed by atoms with Gasteiger partial charge in [0.15, 0.2) is 11.5 Å². The molecular formula is C24H32N2O7S.